The standard InChI is InChI=1S/C16H15F2NO2/c1-3-19(15-9-12(20)6-4-10(15)2)16(21)13-7-5-11(17)8-14(13)18/h4-9,20H,3H2,1-2H3. The first-order valence-corrected chi connectivity index (χ1v) is 6.50. The van der Waals surface area contributed by atoms with Gasteiger partial charge in [0.2, 0.25) is 0 Å². The summed E-state index contributed by atoms with van der Waals surface area (Å²) in [6, 6.07) is 7.46. The van der Waals surface area contributed by atoms with Crippen LogP contribution in [0.25, 0.3) is 0 Å². The lowest BCUT2D eigenvalue weighted by Crippen LogP contribution is -2.32. The van der Waals surface area contributed by atoms with Crippen LogP contribution in [-0.4, -0.2) is 17.6 Å². The predicted octanol–water partition coefficient (Wildman–Crippen LogP) is 3.65. The van der Waals surface area contributed by atoms with E-state index in [-0.39, 0.29) is 11.3 Å². The molecule has 0 saturated carbocycles. The highest BCUT2D eigenvalue weighted by atomic mass is 19.1. The minimum Gasteiger partial charge on any atom is -0.508 e. The highest BCUT2D eigenvalue weighted by Gasteiger charge is 2.21. The summed E-state index contributed by atoms with van der Waals surface area (Å²) < 4.78 is 26.7. The Balaban J connectivity index is 2.45. The maximum absolute atomic E-state index is 13.8. The molecule has 0 fully saturated rings. The fourth-order valence-corrected chi connectivity index (χ4v) is 2.12. The van der Waals surface area contributed by atoms with Gasteiger partial charge in [-0.3, -0.25) is 4.79 Å². The quantitative estimate of drug-likeness (QED) is 0.937. The van der Waals surface area contributed by atoms with E-state index in [0.29, 0.717) is 18.3 Å². The number of aryl methyl sites for hydroxylation is 1. The Bertz CT molecular complexity index is 686. The zero-order valence-corrected chi connectivity index (χ0v) is 11.7. The highest BCUT2D eigenvalue weighted by molar-refractivity contribution is 6.06. The number of hydrogen-bond donors (Lipinski definition) is 1. The first-order valence-electron chi connectivity index (χ1n) is 6.50. The van der Waals surface area contributed by atoms with E-state index in [0.717, 1.165) is 17.7 Å². The summed E-state index contributed by atoms with van der Waals surface area (Å²) in [5.41, 5.74) is 1.05. The van der Waals surface area contributed by atoms with Crippen molar-refractivity contribution in [1.82, 2.24) is 0 Å². The van der Waals surface area contributed by atoms with Gasteiger partial charge in [-0.1, -0.05) is 6.07 Å². The number of phenolic OH excluding ortho intramolecular Hbond substituents is 1. The molecule has 21 heavy (non-hydrogen) atoms. The Hall–Kier alpha value is -2.43. The molecule has 0 radical (unpaired) electrons. The molecule has 0 atom stereocenters. The second-order valence-corrected chi connectivity index (χ2v) is 4.64. The molecule has 2 rings (SSSR count). The number of aromatic hydroxyl groups is 1. The van der Waals surface area contributed by atoms with E-state index in [4.69, 9.17) is 0 Å². The molecule has 2 aromatic rings. The maximum atomic E-state index is 13.8. The van der Waals surface area contributed by atoms with Crippen molar-refractivity contribution in [2.24, 2.45) is 0 Å². The van der Waals surface area contributed by atoms with Crippen LogP contribution in [0.4, 0.5) is 14.5 Å². The Morgan fingerprint density at radius 2 is 1.90 bits per heavy atom. The van der Waals surface area contributed by atoms with E-state index < -0.39 is 17.5 Å². The Morgan fingerprint density at radius 3 is 2.52 bits per heavy atom. The van der Waals surface area contributed by atoms with Crippen molar-refractivity contribution in [3.63, 3.8) is 0 Å². The molecule has 0 heterocycles. The van der Waals surface area contributed by atoms with Gasteiger partial charge < -0.3 is 10.0 Å². The largest absolute Gasteiger partial charge is 0.508 e. The molecule has 0 aliphatic heterocycles. The smallest absolute Gasteiger partial charge is 0.261 e. The third-order valence-corrected chi connectivity index (χ3v) is 3.21. The average molecular weight is 291 g/mol. The molecule has 0 aromatic heterocycles. The molecule has 0 bridgehead atoms. The van der Waals surface area contributed by atoms with Crippen LogP contribution in [0.5, 0.6) is 5.75 Å². The molecule has 1 N–H and O–H groups in total. The fraction of sp³-hybridized carbons (Fsp3) is 0.188. The minimum absolute atomic E-state index is 0.0152. The van der Waals surface area contributed by atoms with Crippen molar-refractivity contribution in [2.75, 3.05) is 11.4 Å². The van der Waals surface area contributed by atoms with Crippen LogP contribution in [0, 0.1) is 18.6 Å². The van der Waals surface area contributed by atoms with Crippen LogP contribution in [-0.2, 0) is 0 Å². The number of amides is 1. The molecular formula is C16H15F2NO2. The predicted molar refractivity (Wildman–Crippen MR) is 76.6 cm³/mol. The van der Waals surface area contributed by atoms with Crippen LogP contribution < -0.4 is 4.90 Å². The molecule has 0 saturated heterocycles. The zero-order chi connectivity index (χ0) is 15.6. The first-order chi connectivity index (χ1) is 9.93. The van der Waals surface area contributed by atoms with Crippen molar-refractivity contribution in [1.29, 1.82) is 0 Å². The van der Waals surface area contributed by atoms with Gasteiger partial charge in [0.25, 0.3) is 5.91 Å². The SMILES string of the molecule is CCN(C(=O)c1ccc(F)cc1F)c1cc(O)ccc1C. The first kappa shape index (κ1) is 15.0. The summed E-state index contributed by atoms with van der Waals surface area (Å²) >= 11 is 0. The summed E-state index contributed by atoms with van der Waals surface area (Å²) in [4.78, 5) is 13.8. The van der Waals surface area contributed by atoms with Gasteiger partial charge in [0.1, 0.15) is 17.4 Å². The third-order valence-electron chi connectivity index (χ3n) is 3.21. The van der Waals surface area contributed by atoms with Crippen molar-refractivity contribution < 1.29 is 18.7 Å². The zero-order valence-electron chi connectivity index (χ0n) is 11.7. The summed E-state index contributed by atoms with van der Waals surface area (Å²) in [6.07, 6.45) is 0. The van der Waals surface area contributed by atoms with Gasteiger partial charge in [-0.05, 0) is 37.6 Å². The third kappa shape index (κ3) is 3.02. The van der Waals surface area contributed by atoms with Crippen LogP contribution >= 0.6 is 0 Å². The van der Waals surface area contributed by atoms with E-state index in [1.807, 2.05) is 0 Å². The fourth-order valence-electron chi connectivity index (χ4n) is 2.12. The molecule has 3 nitrogen and oxygen atoms in total. The van der Waals surface area contributed by atoms with Gasteiger partial charge in [-0.15, -0.1) is 0 Å². The van der Waals surface area contributed by atoms with Crippen molar-refractivity contribution in [3.8, 4) is 5.75 Å². The van der Waals surface area contributed by atoms with E-state index in [2.05, 4.69) is 0 Å². The van der Waals surface area contributed by atoms with Gasteiger partial charge in [-0.2, -0.15) is 0 Å². The summed E-state index contributed by atoms with van der Waals surface area (Å²) in [5, 5.41) is 9.56. The van der Waals surface area contributed by atoms with Gasteiger partial charge in [0, 0.05) is 18.7 Å². The number of carbonyl (C=O) groups excluding carboxylic acids is 1. The van der Waals surface area contributed by atoms with E-state index in [1.165, 1.54) is 17.0 Å². The summed E-state index contributed by atoms with van der Waals surface area (Å²) in [7, 11) is 0. The summed E-state index contributed by atoms with van der Waals surface area (Å²) in [6.45, 7) is 3.81. The second-order valence-electron chi connectivity index (χ2n) is 4.64. The maximum Gasteiger partial charge on any atom is 0.261 e. The topological polar surface area (TPSA) is 40.5 Å². The monoisotopic (exact) mass is 291 g/mol. The molecule has 5 heteroatoms. The molecule has 0 unspecified atom stereocenters. The van der Waals surface area contributed by atoms with E-state index >= 15 is 0 Å². The Labute approximate surface area is 121 Å². The van der Waals surface area contributed by atoms with E-state index in [9.17, 15) is 18.7 Å². The Kier molecular flexibility index (Phi) is 4.21. The molecular weight excluding hydrogens is 276 g/mol. The van der Waals surface area contributed by atoms with Crippen molar-refractivity contribution >= 4 is 11.6 Å². The normalized spacial score (nSPS) is 10.5. The molecule has 0 spiro atoms. The van der Waals surface area contributed by atoms with Crippen LogP contribution in [0.3, 0.4) is 0 Å². The minimum atomic E-state index is -0.906. The van der Waals surface area contributed by atoms with E-state index in [1.54, 1.807) is 19.9 Å². The number of anilines is 1. The average Bonchev–Trinajstić information content (AvgIpc) is 2.43. The molecule has 2 aromatic carbocycles. The van der Waals surface area contributed by atoms with Gasteiger partial charge in [0.15, 0.2) is 0 Å². The number of benzene rings is 2. The van der Waals surface area contributed by atoms with Crippen LogP contribution in [0.2, 0.25) is 0 Å². The molecule has 1 amide bonds. The number of carbonyl (C=O) groups is 1. The van der Waals surface area contributed by atoms with Gasteiger partial charge >= 0.3 is 0 Å². The van der Waals surface area contributed by atoms with Gasteiger partial charge in [0.05, 0.1) is 11.3 Å². The molecule has 0 aliphatic carbocycles. The number of hydrogen-bond acceptors (Lipinski definition) is 2. The number of phenols is 1. The Morgan fingerprint density at radius 1 is 1.19 bits per heavy atom. The lowest BCUT2D eigenvalue weighted by molar-refractivity contribution is 0.0984. The van der Waals surface area contributed by atoms with Gasteiger partial charge in [-0.25, -0.2) is 8.78 Å². The summed E-state index contributed by atoms with van der Waals surface area (Å²) in [5.74, 6) is -2.21. The van der Waals surface area contributed by atoms with Crippen molar-refractivity contribution in [3.05, 3.63) is 59.2 Å². The molecule has 0 aliphatic rings. The lowest BCUT2D eigenvalue weighted by Gasteiger charge is -2.23. The van der Waals surface area contributed by atoms with Crippen molar-refractivity contribution in [2.45, 2.75) is 13.8 Å². The number of halogens is 2. The second kappa shape index (κ2) is 5.91. The molecule has 110 valence electrons. The number of rotatable bonds is 3. The lowest BCUT2D eigenvalue weighted by atomic mass is 10.1. The number of nitrogens with zero attached hydrogens (tertiary/aromatic N) is 1. The van der Waals surface area contributed by atoms with Crippen LogP contribution in [0.15, 0.2) is 36.4 Å². The van der Waals surface area contributed by atoms with Crippen LogP contribution in [0.1, 0.15) is 22.8 Å². The highest BCUT2D eigenvalue weighted by Crippen LogP contribution is 2.26.